The first-order chi connectivity index (χ1) is 8.37. The Labute approximate surface area is 114 Å². The van der Waals surface area contributed by atoms with Crippen LogP contribution in [0.2, 0.25) is 0 Å². The van der Waals surface area contributed by atoms with E-state index in [0.29, 0.717) is 0 Å². The van der Waals surface area contributed by atoms with Crippen LogP contribution >= 0.6 is 0 Å². The number of nitrogens with zero attached hydrogens (tertiary/aromatic N) is 1. The number of hydrogen-bond donors (Lipinski definition) is 1. The van der Waals surface area contributed by atoms with Crippen molar-refractivity contribution >= 4 is 6.09 Å². The predicted octanol–water partition coefficient (Wildman–Crippen LogP) is 3.00. The van der Waals surface area contributed by atoms with Crippen LogP contribution in [0.3, 0.4) is 0 Å². The molecule has 0 fully saturated rings. The van der Waals surface area contributed by atoms with Gasteiger partial charge >= 0.3 is 6.09 Å². The van der Waals surface area contributed by atoms with Gasteiger partial charge < -0.3 is 15.4 Å². The van der Waals surface area contributed by atoms with Gasteiger partial charge in [-0.1, -0.05) is 0 Å². The van der Waals surface area contributed by atoms with Crippen LogP contribution in [0, 0.1) is 0 Å². The number of amides is 1. The molecule has 1 atom stereocenters. The van der Waals surface area contributed by atoms with Gasteiger partial charge in [0.1, 0.15) is 5.60 Å². The third-order valence-electron chi connectivity index (χ3n) is 2.64. The minimum atomic E-state index is -2.62. The van der Waals surface area contributed by atoms with Gasteiger partial charge in [0.2, 0.25) is 0 Å². The smallest absolute Gasteiger partial charge is 0.410 e. The normalized spacial score (nSPS) is 15.5. The first-order valence-corrected chi connectivity index (χ1v) is 6.43. The third kappa shape index (κ3) is 6.71. The van der Waals surface area contributed by atoms with Crippen molar-refractivity contribution < 1.29 is 18.3 Å². The highest BCUT2D eigenvalue weighted by Crippen LogP contribution is 2.19. The Morgan fingerprint density at radius 1 is 1.26 bits per heavy atom. The van der Waals surface area contributed by atoms with Gasteiger partial charge in [0.15, 0.2) is 0 Å². The summed E-state index contributed by atoms with van der Waals surface area (Å²) in [6.07, 6.45) is -3.12. The molecule has 1 amide bonds. The number of halogens is 2. The summed E-state index contributed by atoms with van der Waals surface area (Å²) in [6.45, 7) is 10.3. The van der Waals surface area contributed by atoms with E-state index in [0.717, 1.165) is 0 Å². The number of ether oxygens (including phenoxy) is 1. The van der Waals surface area contributed by atoms with Crippen LogP contribution in [0.4, 0.5) is 13.6 Å². The molecule has 4 nitrogen and oxygen atoms in total. The van der Waals surface area contributed by atoms with Gasteiger partial charge in [0, 0.05) is 12.6 Å². The van der Waals surface area contributed by atoms with Crippen LogP contribution < -0.4 is 5.73 Å². The lowest BCUT2D eigenvalue weighted by molar-refractivity contribution is 0.0112. The van der Waals surface area contributed by atoms with Crippen molar-refractivity contribution in [3.63, 3.8) is 0 Å². The highest BCUT2D eigenvalue weighted by atomic mass is 19.3. The lowest BCUT2D eigenvalue weighted by atomic mass is 9.99. The highest BCUT2D eigenvalue weighted by molar-refractivity contribution is 5.68. The van der Waals surface area contributed by atoms with Gasteiger partial charge in [-0.05, 0) is 48.0 Å². The van der Waals surface area contributed by atoms with Crippen molar-refractivity contribution in [2.45, 2.75) is 71.6 Å². The lowest BCUT2D eigenvalue weighted by Crippen LogP contribution is -2.49. The molecule has 0 saturated carbocycles. The molecule has 0 radical (unpaired) electrons. The minimum absolute atomic E-state index is 0.0160. The lowest BCUT2D eigenvalue weighted by Gasteiger charge is -2.32. The Kier molecular flexibility index (Phi) is 6.19. The molecule has 0 saturated heterocycles. The molecule has 0 aliphatic rings. The Morgan fingerprint density at radius 3 is 2.05 bits per heavy atom. The zero-order valence-corrected chi connectivity index (χ0v) is 12.7. The van der Waals surface area contributed by atoms with Gasteiger partial charge in [-0.15, -0.1) is 0 Å². The number of rotatable bonds is 5. The summed E-state index contributed by atoms with van der Waals surface area (Å²) in [6, 6.07) is -0.136. The van der Waals surface area contributed by atoms with Crippen LogP contribution in [0.1, 0.15) is 48.0 Å². The molecule has 6 heteroatoms. The first-order valence-electron chi connectivity index (χ1n) is 6.43. The Hall–Kier alpha value is -0.910. The summed E-state index contributed by atoms with van der Waals surface area (Å²) in [5.41, 5.74) is 3.29. The minimum Gasteiger partial charge on any atom is -0.444 e. The highest BCUT2D eigenvalue weighted by Gasteiger charge is 2.32. The molecular formula is C13H26F2N2O2. The van der Waals surface area contributed by atoms with E-state index in [2.05, 4.69) is 0 Å². The SMILES string of the molecule is CC(C)N(CCC(C)(N)C(F)F)C(=O)OC(C)(C)C. The molecule has 0 aliphatic heterocycles. The first kappa shape index (κ1) is 18.1. The molecule has 114 valence electrons. The zero-order valence-electron chi connectivity index (χ0n) is 12.7. The quantitative estimate of drug-likeness (QED) is 0.842. The van der Waals surface area contributed by atoms with Gasteiger partial charge in [0.05, 0.1) is 5.54 Å². The molecule has 0 heterocycles. The summed E-state index contributed by atoms with van der Waals surface area (Å²) >= 11 is 0. The third-order valence-corrected chi connectivity index (χ3v) is 2.64. The van der Waals surface area contributed by atoms with E-state index in [9.17, 15) is 13.6 Å². The van der Waals surface area contributed by atoms with Gasteiger partial charge in [-0.2, -0.15) is 0 Å². The van der Waals surface area contributed by atoms with Crippen molar-refractivity contribution in [2.24, 2.45) is 5.73 Å². The largest absolute Gasteiger partial charge is 0.444 e. The maximum Gasteiger partial charge on any atom is 0.410 e. The number of carbonyl (C=O) groups is 1. The van der Waals surface area contributed by atoms with E-state index >= 15 is 0 Å². The van der Waals surface area contributed by atoms with Crippen molar-refractivity contribution in [1.29, 1.82) is 0 Å². The Bertz CT molecular complexity index is 300. The van der Waals surface area contributed by atoms with E-state index in [1.165, 1.54) is 11.8 Å². The van der Waals surface area contributed by atoms with E-state index in [1.54, 1.807) is 34.6 Å². The second kappa shape index (κ2) is 6.50. The van der Waals surface area contributed by atoms with Crippen LogP contribution in [-0.4, -0.2) is 41.1 Å². The summed E-state index contributed by atoms with van der Waals surface area (Å²) < 4.78 is 30.6. The number of alkyl halides is 2. The van der Waals surface area contributed by atoms with Crippen LogP contribution in [-0.2, 0) is 4.74 Å². The molecule has 0 aromatic rings. The molecular weight excluding hydrogens is 254 g/mol. The summed E-state index contributed by atoms with van der Waals surface area (Å²) in [4.78, 5) is 13.4. The zero-order chi connectivity index (χ0) is 15.4. The van der Waals surface area contributed by atoms with E-state index in [-0.39, 0.29) is 19.0 Å². The molecule has 0 aromatic carbocycles. The van der Waals surface area contributed by atoms with Crippen molar-refractivity contribution in [3.8, 4) is 0 Å². The molecule has 1 unspecified atom stereocenters. The number of hydrogen-bond acceptors (Lipinski definition) is 3. The molecule has 0 spiro atoms. The van der Waals surface area contributed by atoms with Gasteiger partial charge in [0.25, 0.3) is 6.43 Å². The molecule has 2 N–H and O–H groups in total. The molecule has 0 rings (SSSR count). The van der Waals surface area contributed by atoms with Crippen LogP contribution in [0.15, 0.2) is 0 Å². The Morgan fingerprint density at radius 2 is 1.74 bits per heavy atom. The summed E-state index contributed by atoms with van der Waals surface area (Å²) in [5.74, 6) is 0. The van der Waals surface area contributed by atoms with Crippen molar-refractivity contribution in [2.75, 3.05) is 6.54 Å². The molecule has 19 heavy (non-hydrogen) atoms. The fourth-order valence-corrected chi connectivity index (χ4v) is 1.35. The van der Waals surface area contributed by atoms with Gasteiger partial charge in [-0.3, -0.25) is 0 Å². The fraction of sp³-hybridized carbons (Fsp3) is 0.923. The van der Waals surface area contributed by atoms with Gasteiger partial charge in [-0.25, -0.2) is 13.6 Å². The second-order valence-corrected chi connectivity index (χ2v) is 6.32. The molecule has 0 bridgehead atoms. The maximum atomic E-state index is 12.7. The van der Waals surface area contributed by atoms with E-state index in [4.69, 9.17) is 10.5 Å². The van der Waals surface area contributed by atoms with Crippen LogP contribution in [0.5, 0.6) is 0 Å². The van der Waals surface area contributed by atoms with E-state index < -0.39 is 23.7 Å². The van der Waals surface area contributed by atoms with Crippen molar-refractivity contribution in [1.82, 2.24) is 4.90 Å². The van der Waals surface area contributed by atoms with Crippen LogP contribution in [0.25, 0.3) is 0 Å². The number of carbonyl (C=O) groups excluding carboxylic acids is 1. The maximum absolute atomic E-state index is 12.7. The predicted molar refractivity (Wildman–Crippen MR) is 71.3 cm³/mol. The second-order valence-electron chi connectivity index (χ2n) is 6.32. The summed E-state index contributed by atoms with van der Waals surface area (Å²) in [5, 5.41) is 0. The molecule has 0 aromatic heterocycles. The Balaban J connectivity index is 4.64. The standard InChI is InChI=1S/C13H26F2N2O2/c1-9(2)17(11(18)19-12(3,4)5)8-7-13(6,16)10(14)15/h9-10H,7-8,16H2,1-6H3. The molecule has 0 aliphatic carbocycles. The van der Waals surface area contributed by atoms with E-state index in [1.807, 2.05) is 0 Å². The average Bonchev–Trinajstić information content (AvgIpc) is 2.13. The monoisotopic (exact) mass is 280 g/mol. The topological polar surface area (TPSA) is 55.6 Å². The fourth-order valence-electron chi connectivity index (χ4n) is 1.35. The number of nitrogens with two attached hydrogens (primary N) is 1. The summed E-state index contributed by atoms with van der Waals surface area (Å²) in [7, 11) is 0. The average molecular weight is 280 g/mol. The van der Waals surface area contributed by atoms with Crippen molar-refractivity contribution in [3.05, 3.63) is 0 Å².